The highest BCUT2D eigenvalue weighted by Gasteiger charge is 2.41. The van der Waals surface area contributed by atoms with Crippen molar-refractivity contribution in [1.82, 2.24) is 24.9 Å². The molecule has 150 valence electrons. The van der Waals surface area contributed by atoms with Crippen LogP contribution in [0.15, 0.2) is 30.7 Å². The summed E-state index contributed by atoms with van der Waals surface area (Å²) < 4.78 is 7.35. The van der Waals surface area contributed by atoms with Gasteiger partial charge in [0.15, 0.2) is 0 Å². The summed E-state index contributed by atoms with van der Waals surface area (Å²) in [5.41, 5.74) is 3.48. The van der Waals surface area contributed by atoms with Crippen molar-refractivity contribution in [2.45, 2.75) is 45.1 Å². The van der Waals surface area contributed by atoms with Crippen LogP contribution in [-0.4, -0.2) is 56.7 Å². The van der Waals surface area contributed by atoms with Crippen LogP contribution < -0.4 is 0 Å². The molecule has 1 N–H and O–H groups in total. The molecular formula is C21H28ClN5O. The topological polar surface area (TPSA) is 59.0 Å². The van der Waals surface area contributed by atoms with Crippen molar-refractivity contribution < 1.29 is 4.74 Å². The quantitative estimate of drug-likeness (QED) is 0.706. The minimum Gasteiger partial charge on any atom is -0.377 e. The molecule has 28 heavy (non-hydrogen) atoms. The molecule has 0 radical (unpaired) electrons. The Kier molecular flexibility index (Phi) is 5.45. The van der Waals surface area contributed by atoms with Gasteiger partial charge in [-0.25, -0.2) is 4.68 Å². The fourth-order valence-corrected chi connectivity index (χ4v) is 4.58. The molecule has 2 aromatic heterocycles. The van der Waals surface area contributed by atoms with Crippen molar-refractivity contribution in [3.05, 3.63) is 41.3 Å². The molecule has 2 saturated heterocycles. The van der Waals surface area contributed by atoms with Gasteiger partial charge in [0.1, 0.15) is 5.69 Å². The number of likely N-dealkylation sites (tertiary alicyclic amines) is 1. The zero-order chi connectivity index (χ0) is 19.7. The average Bonchev–Trinajstić information content (AvgIpc) is 3.36. The van der Waals surface area contributed by atoms with Crippen LogP contribution in [-0.2, 0) is 4.74 Å². The van der Waals surface area contributed by atoms with Gasteiger partial charge in [-0.1, -0.05) is 25.4 Å². The molecule has 0 amide bonds. The first kappa shape index (κ1) is 19.4. The number of nitrogens with zero attached hydrogens (tertiary/aromatic N) is 4. The second-order valence-electron chi connectivity index (χ2n) is 7.70. The zero-order valence-electron chi connectivity index (χ0n) is 16.8. The number of nitrogens with one attached hydrogen (secondary N) is 1. The largest absolute Gasteiger partial charge is 0.377 e. The smallest absolute Gasteiger partial charge is 0.103 e. The molecule has 5 rings (SSSR count). The highest BCUT2D eigenvalue weighted by molar-refractivity contribution is 6.32. The molecule has 0 bridgehead atoms. The summed E-state index contributed by atoms with van der Waals surface area (Å²) in [4.78, 5) is 2.58. The van der Waals surface area contributed by atoms with E-state index in [1.807, 2.05) is 37.0 Å². The van der Waals surface area contributed by atoms with Crippen LogP contribution >= 0.6 is 11.6 Å². The van der Waals surface area contributed by atoms with Gasteiger partial charge in [0.2, 0.25) is 0 Å². The first-order valence-corrected chi connectivity index (χ1v) is 10.5. The predicted octanol–water partition coefficient (Wildman–Crippen LogP) is 4.40. The van der Waals surface area contributed by atoms with Gasteiger partial charge in [0.25, 0.3) is 0 Å². The van der Waals surface area contributed by atoms with Gasteiger partial charge in [-0.15, -0.1) is 0 Å². The number of piperidine rings is 1. The Morgan fingerprint density at radius 1 is 1.18 bits per heavy atom. The maximum Gasteiger partial charge on any atom is 0.103 e. The van der Waals surface area contributed by atoms with E-state index in [2.05, 4.69) is 33.2 Å². The van der Waals surface area contributed by atoms with Gasteiger partial charge in [0.05, 0.1) is 36.7 Å². The second kappa shape index (κ2) is 7.85. The summed E-state index contributed by atoms with van der Waals surface area (Å²) in [6, 6.07) is 4.26. The average molecular weight is 402 g/mol. The van der Waals surface area contributed by atoms with Gasteiger partial charge in [-0.2, -0.15) is 10.2 Å². The summed E-state index contributed by atoms with van der Waals surface area (Å²) in [6.07, 6.45) is 7.74. The zero-order valence-corrected chi connectivity index (χ0v) is 17.5. The number of fused-ring (bicyclic) bond motifs is 1. The number of hydrogen-bond acceptors (Lipinski definition) is 4. The molecule has 0 spiro atoms. The minimum atomic E-state index is 0.235. The lowest BCUT2D eigenvalue weighted by atomic mass is 9.86. The van der Waals surface area contributed by atoms with E-state index in [9.17, 15) is 0 Å². The Balaban J connectivity index is 0.000000932. The fourth-order valence-electron chi connectivity index (χ4n) is 4.25. The number of aromatic amines is 1. The number of aromatic nitrogens is 4. The van der Waals surface area contributed by atoms with Gasteiger partial charge >= 0.3 is 0 Å². The van der Waals surface area contributed by atoms with Crippen LogP contribution in [0.4, 0.5) is 0 Å². The number of hydrogen-bond donors (Lipinski definition) is 1. The van der Waals surface area contributed by atoms with Crippen LogP contribution in [0, 0.1) is 0 Å². The summed E-state index contributed by atoms with van der Waals surface area (Å²) in [6.45, 7) is 10.2. The van der Waals surface area contributed by atoms with Crippen molar-refractivity contribution in [2.24, 2.45) is 0 Å². The molecule has 2 fully saturated rings. The first-order chi connectivity index (χ1) is 13.6. The third kappa shape index (κ3) is 3.34. The van der Waals surface area contributed by atoms with E-state index in [0.717, 1.165) is 60.8 Å². The molecule has 2 aliphatic heterocycles. The predicted molar refractivity (Wildman–Crippen MR) is 112 cm³/mol. The van der Waals surface area contributed by atoms with Crippen molar-refractivity contribution >= 4 is 22.5 Å². The maximum absolute atomic E-state index is 6.65. The monoisotopic (exact) mass is 401 g/mol. The number of ether oxygens (including phenoxy) is 1. The first-order valence-electron chi connectivity index (χ1n) is 10.1. The summed E-state index contributed by atoms with van der Waals surface area (Å²) in [7, 11) is 0. The lowest BCUT2D eigenvalue weighted by Crippen LogP contribution is -2.61. The number of halogens is 1. The van der Waals surface area contributed by atoms with E-state index in [4.69, 9.17) is 16.3 Å². The Hall–Kier alpha value is -1.89. The molecule has 0 saturated carbocycles. The van der Waals surface area contributed by atoms with Crippen molar-refractivity contribution in [1.29, 1.82) is 0 Å². The van der Waals surface area contributed by atoms with Crippen molar-refractivity contribution in [3.63, 3.8) is 0 Å². The molecular weight excluding hydrogens is 374 g/mol. The van der Waals surface area contributed by atoms with E-state index in [1.54, 1.807) is 6.20 Å². The van der Waals surface area contributed by atoms with Crippen LogP contribution in [0.25, 0.3) is 16.6 Å². The second-order valence-corrected chi connectivity index (χ2v) is 8.10. The maximum atomic E-state index is 6.65. The SMILES string of the molecule is CC.CC1(N2CCC(c3cc4c(cnn4-c4cn[nH]c4)cc3Cl)CC2)COC1. The van der Waals surface area contributed by atoms with Gasteiger partial charge in [0, 0.05) is 16.6 Å². The van der Waals surface area contributed by atoms with E-state index >= 15 is 0 Å². The van der Waals surface area contributed by atoms with Gasteiger partial charge < -0.3 is 4.74 Å². The highest BCUT2D eigenvalue weighted by Crippen LogP contribution is 2.38. The summed E-state index contributed by atoms with van der Waals surface area (Å²) >= 11 is 6.65. The lowest BCUT2D eigenvalue weighted by molar-refractivity contribution is -0.136. The molecule has 0 atom stereocenters. The number of rotatable bonds is 3. The molecule has 4 heterocycles. The molecule has 7 heteroatoms. The Bertz CT molecular complexity index is 924. The van der Waals surface area contributed by atoms with Crippen LogP contribution in [0.2, 0.25) is 5.02 Å². The summed E-state index contributed by atoms with van der Waals surface area (Å²) in [5.74, 6) is 0.487. The molecule has 6 nitrogen and oxygen atoms in total. The van der Waals surface area contributed by atoms with Crippen LogP contribution in [0.1, 0.15) is 45.1 Å². The molecule has 3 aromatic rings. The number of benzene rings is 1. The third-order valence-electron chi connectivity index (χ3n) is 5.94. The van der Waals surface area contributed by atoms with Crippen LogP contribution in [0.5, 0.6) is 0 Å². The standard InChI is InChI=1S/C19H22ClN5O.C2H6/c1-19(11-26-12-19)24-4-2-13(3-5-24)16-7-18-14(6-17(16)20)8-23-25(18)15-9-21-22-10-15;1-2/h6-10,13H,2-5,11-12H2,1H3,(H,21,22);1-2H3. The van der Waals surface area contributed by atoms with E-state index in [-0.39, 0.29) is 5.54 Å². The molecule has 0 unspecified atom stereocenters. The van der Waals surface area contributed by atoms with E-state index < -0.39 is 0 Å². The third-order valence-corrected chi connectivity index (χ3v) is 6.27. The lowest BCUT2D eigenvalue weighted by Gasteiger charge is -2.50. The van der Waals surface area contributed by atoms with Gasteiger partial charge in [-0.05, 0) is 56.5 Å². The fraction of sp³-hybridized carbons (Fsp3) is 0.524. The van der Waals surface area contributed by atoms with E-state index in [1.165, 1.54) is 5.56 Å². The minimum absolute atomic E-state index is 0.235. The Morgan fingerprint density at radius 3 is 2.54 bits per heavy atom. The number of H-pyrrole nitrogens is 1. The van der Waals surface area contributed by atoms with Crippen molar-refractivity contribution in [3.8, 4) is 5.69 Å². The molecule has 0 aliphatic carbocycles. The van der Waals surface area contributed by atoms with Gasteiger partial charge in [-0.3, -0.25) is 10.00 Å². The highest BCUT2D eigenvalue weighted by atomic mass is 35.5. The normalized spacial score (nSPS) is 19.9. The Morgan fingerprint density at radius 2 is 1.93 bits per heavy atom. The molecule has 1 aromatic carbocycles. The summed E-state index contributed by atoms with van der Waals surface area (Å²) in [5, 5.41) is 13.3. The Labute approximate surface area is 170 Å². The van der Waals surface area contributed by atoms with Crippen LogP contribution in [0.3, 0.4) is 0 Å². The molecule has 2 aliphatic rings. The van der Waals surface area contributed by atoms with E-state index in [0.29, 0.717) is 5.92 Å². The van der Waals surface area contributed by atoms with Crippen molar-refractivity contribution in [2.75, 3.05) is 26.3 Å².